The molecule has 0 aliphatic heterocycles. The fraction of sp³-hybridized carbons (Fsp3) is 0.231. The minimum Gasteiger partial charge on any atom is -0.478 e. The molecule has 17 heavy (non-hydrogen) atoms. The molecule has 1 aromatic carbocycles. The highest BCUT2D eigenvalue weighted by atomic mass is 16.4. The summed E-state index contributed by atoms with van der Waals surface area (Å²) in [4.78, 5) is 22.8. The van der Waals surface area contributed by atoms with Crippen molar-refractivity contribution in [3.8, 4) is 0 Å². The minimum absolute atomic E-state index is 0.142. The summed E-state index contributed by atoms with van der Waals surface area (Å²) in [5.74, 6) is -1.02. The first-order chi connectivity index (χ1) is 8.04. The van der Waals surface area contributed by atoms with E-state index in [2.05, 4.69) is 0 Å². The van der Waals surface area contributed by atoms with Crippen molar-refractivity contribution in [3.05, 3.63) is 45.9 Å². The molecule has 4 heteroatoms. The predicted octanol–water partition coefficient (Wildman–Crippen LogP) is 1.80. The molecule has 0 fully saturated rings. The number of aryl methyl sites for hydroxylation is 2. The molecule has 88 valence electrons. The lowest BCUT2D eigenvalue weighted by Gasteiger charge is -2.08. The smallest absolute Gasteiger partial charge is 0.335 e. The average Bonchev–Trinajstić information content (AvgIpc) is 2.33. The Morgan fingerprint density at radius 2 is 2.06 bits per heavy atom. The third-order valence-corrected chi connectivity index (χ3v) is 2.89. The molecular formula is C13H13NO3. The molecular weight excluding hydrogens is 218 g/mol. The molecule has 1 heterocycles. The molecule has 0 saturated carbocycles. The number of pyridine rings is 1. The molecule has 2 rings (SSSR count). The molecule has 1 N–H and O–H groups in total. The lowest BCUT2D eigenvalue weighted by Crippen LogP contribution is -2.17. The monoisotopic (exact) mass is 231 g/mol. The molecule has 0 amide bonds. The van der Waals surface area contributed by atoms with E-state index >= 15 is 0 Å². The maximum Gasteiger partial charge on any atom is 0.335 e. The van der Waals surface area contributed by atoms with Crippen LogP contribution in [0.3, 0.4) is 0 Å². The second kappa shape index (κ2) is 4.05. The summed E-state index contributed by atoms with van der Waals surface area (Å²) in [5, 5.41) is 10.2. The van der Waals surface area contributed by atoms with Gasteiger partial charge in [0, 0.05) is 18.6 Å². The topological polar surface area (TPSA) is 59.3 Å². The van der Waals surface area contributed by atoms with E-state index in [4.69, 9.17) is 5.11 Å². The summed E-state index contributed by atoms with van der Waals surface area (Å²) in [6.45, 7) is 2.00. The van der Waals surface area contributed by atoms with Crippen molar-refractivity contribution in [2.24, 2.45) is 7.05 Å². The number of hydrogen-bond acceptors (Lipinski definition) is 2. The van der Waals surface area contributed by atoms with E-state index in [0.717, 1.165) is 17.4 Å². The summed E-state index contributed by atoms with van der Waals surface area (Å²) in [7, 11) is 1.67. The number of nitrogens with zero attached hydrogens (tertiary/aromatic N) is 1. The Bertz CT molecular complexity index is 655. The van der Waals surface area contributed by atoms with Gasteiger partial charge in [0.2, 0.25) is 0 Å². The Morgan fingerprint density at radius 3 is 2.65 bits per heavy atom. The van der Waals surface area contributed by atoms with Gasteiger partial charge in [0.05, 0.1) is 5.56 Å². The van der Waals surface area contributed by atoms with E-state index in [1.54, 1.807) is 19.3 Å². The summed E-state index contributed by atoms with van der Waals surface area (Å²) in [6.07, 6.45) is 2.60. The van der Waals surface area contributed by atoms with Crippen molar-refractivity contribution in [3.63, 3.8) is 0 Å². The van der Waals surface area contributed by atoms with Crippen LogP contribution >= 0.6 is 0 Å². The van der Waals surface area contributed by atoms with Gasteiger partial charge in [-0.15, -0.1) is 0 Å². The number of carbonyl (C=O) groups is 1. The van der Waals surface area contributed by atoms with Gasteiger partial charge in [-0.25, -0.2) is 4.79 Å². The van der Waals surface area contributed by atoms with Gasteiger partial charge < -0.3 is 9.67 Å². The third-order valence-electron chi connectivity index (χ3n) is 2.89. The van der Waals surface area contributed by atoms with Crippen LogP contribution in [0, 0.1) is 0 Å². The fourth-order valence-electron chi connectivity index (χ4n) is 1.97. The Hall–Kier alpha value is -2.10. The quantitative estimate of drug-likeness (QED) is 0.857. The zero-order valence-electron chi connectivity index (χ0n) is 9.73. The Kier molecular flexibility index (Phi) is 2.71. The molecule has 2 aromatic rings. The van der Waals surface area contributed by atoms with Gasteiger partial charge in [0.15, 0.2) is 0 Å². The van der Waals surface area contributed by atoms with Gasteiger partial charge in [-0.2, -0.15) is 0 Å². The van der Waals surface area contributed by atoms with Crippen LogP contribution in [-0.4, -0.2) is 15.6 Å². The third kappa shape index (κ3) is 1.82. The normalized spacial score (nSPS) is 10.7. The van der Waals surface area contributed by atoms with Crippen LogP contribution < -0.4 is 5.56 Å². The van der Waals surface area contributed by atoms with Gasteiger partial charge >= 0.3 is 5.97 Å². The van der Waals surface area contributed by atoms with Gasteiger partial charge in [0.1, 0.15) is 0 Å². The molecule has 0 bridgehead atoms. The maximum absolute atomic E-state index is 11.9. The summed E-state index contributed by atoms with van der Waals surface area (Å²) >= 11 is 0. The summed E-state index contributed by atoms with van der Waals surface area (Å²) in [6, 6.07) is 4.68. The highest BCUT2D eigenvalue weighted by Crippen LogP contribution is 2.17. The van der Waals surface area contributed by atoms with Crippen molar-refractivity contribution in [1.82, 2.24) is 4.57 Å². The first kappa shape index (κ1) is 11.4. The van der Waals surface area contributed by atoms with E-state index < -0.39 is 5.97 Å². The van der Waals surface area contributed by atoms with Crippen LogP contribution in [0.5, 0.6) is 0 Å². The van der Waals surface area contributed by atoms with Crippen molar-refractivity contribution >= 4 is 16.7 Å². The molecule has 0 saturated heterocycles. The van der Waals surface area contributed by atoms with E-state index in [9.17, 15) is 9.59 Å². The van der Waals surface area contributed by atoms with Crippen LogP contribution in [0.4, 0.5) is 0 Å². The second-order valence-corrected chi connectivity index (χ2v) is 3.99. The first-order valence-electron chi connectivity index (χ1n) is 5.40. The zero-order chi connectivity index (χ0) is 12.6. The number of rotatable bonds is 2. The fourth-order valence-corrected chi connectivity index (χ4v) is 1.97. The van der Waals surface area contributed by atoms with E-state index in [1.165, 1.54) is 16.7 Å². The molecule has 0 spiro atoms. The Morgan fingerprint density at radius 1 is 1.35 bits per heavy atom. The second-order valence-electron chi connectivity index (χ2n) is 3.99. The van der Waals surface area contributed by atoms with E-state index in [0.29, 0.717) is 5.39 Å². The van der Waals surface area contributed by atoms with Crippen molar-refractivity contribution in [1.29, 1.82) is 0 Å². The molecule has 0 aliphatic carbocycles. The van der Waals surface area contributed by atoms with Crippen LogP contribution in [0.1, 0.15) is 22.8 Å². The molecule has 0 aliphatic rings. The van der Waals surface area contributed by atoms with E-state index in [-0.39, 0.29) is 11.1 Å². The zero-order valence-corrected chi connectivity index (χ0v) is 9.73. The Labute approximate surface area is 98.1 Å². The standard InChI is InChI=1S/C13H13NO3/c1-3-8-7-14(2)12(15)11-6-9(13(16)17)4-5-10(8)11/h4-7H,3H2,1-2H3,(H,16,17). The number of aromatic nitrogens is 1. The summed E-state index contributed by atoms with van der Waals surface area (Å²) in [5.41, 5.74) is 1.02. The number of hydrogen-bond donors (Lipinski definition) is 1. The van der Waals surface area contributed by atoms with Gasteiger partial charge in [0.25, 0.3) is 5.56 Å². The highest BCUT2D eigenvalue weighted by molar-refractivity contribution is 5.95. The number of carboxylic acids is 1. The van der Waals surface area contributed by atoms with Crippen LogP contribution in [0.2, 0.25) is 0 Å². The largest absolute Gasteiger partial charge is 0.478 e. The highest BCUT2D eigenvalue weighted by Gasteiger charge is 2.09. The first-order valence-corrected chi connectivity index (χ1v) is 5.40. The number of aromatic carboxylic acids is 1. The molecule has 0 unspecified atom stereocenters. The van der Waals surface area contributed by atoms with Crippen molar-refractivity contribution < 1.29 is 9.90 Å². The molecule has 0 radical (unpaired) electrons. The van der Waals surface area contributed by atoms with Gasteiger partial charge in [-0.1, -0.05) is 13.0 Å². The van der Waals surface area contributed by atoms with E-state index in [1.807, 2.05) is 6.92 Å². The van der Waals surface area contributed by atoms with Crippen molar-refractivity contribution in [2.45, 2.75) is 13.3 Å². The number of carboxylic acid groups (broad SMARTS) is 1. The molecule has 4 nitrogen and oxygen atoms in total. The van der Waals surface area contributed by atoms with Gasteiger partial charge in [-0.3, -0.25) is 4.79 Å². The lowest BCUT2D eigenvalue weighted by atomic mass is 10.0. The Balaban J connectivity index is 2.89. The van der Waals surface area contributed by atoms with Crippen LogP contribution in [0.25, 0.3) is 10.8 Å². The van der Waals surface area contributed by atoms with Crippen LogP contribution in [0.15, 0.2) is 29.2 Å². The predicted molar refractivity (Wildman–Crippen MR) is 65.5 cm³/mol. The average molecular weight is 231 g/mol. The van der Waals surface area contributed by atoms with Crippen molar-refractivity contribution in [2.75, 3.05) is 0 Å². The number of benzene rings is 1. The molecule has 1 aromatic heterocycles. The summed E-state index contributed by atoms with van der Waals surface area (Å²) < 4.78 is 1.49. The number of fused-ring (bicyclic) bond motifs is 1. The SMILES string of the molecule is CCc1cn(C)c(=O)c2cc(C(=O)O)ccc12. The van der Waals surface area contributed by atoms with Crippen LogP contribution in [-0.2, 0) is 13.5 Å². The maximum atomic E-state index is 11.9. The lowest BCUT2D eigenvalue weighted by molar-refractivity contribution is 0.0697. The minimum atomic E-state index is -1.02. The van der Waals surface area contributed by atoms with Gasteiger partial charge in [-0.05, 0) is 29.5 Å². The molecule has 0 atom stereocenters.